The van der Waals surface area contributed by atoms with E-state index in [2.05, 4.69) is 63.5 Å². The molecular formula is C16H24. The minimum Gasteiger partial charge on any atom is -0.106 e. The molecule has 88 valence electrons. The van der Waals surface area contributed by atoms with Crippen molar-refractivity contribution in [1.29, 1.82) is 0 Å². The molecule has 0 aromatic rings. The number of rotatable bonds is 4. The van der Waals surface area contributed by atoms with Crippen LogP contribution in [0.4, 0.5) is 0 Å². The quantitative estimate of drug-likeness (QED) is 0.482. The van der Waals surface area contributed by atoms with E-state index in [0.29, 0.717) is 0 Å². The van der Waals surface area contributed by atoms with Gasteiger partial charge in [-0.1, -0.05) is 24.0 Å². The van der Waals surface area contributed by atoms with E-state index < -0.39 is 0 Å². The minimum absolute atomic E-state index is 0.0891. The van der Waals surface area contributed by atoms with E-state index in [1.54, 1.807) is 0 Å². The SMILES string of the molecule is CC#CC(C)(C)C/C=C\CC(C)(C)C#CC. The topological polar surface area (TPSA) is 0 Å². The summed E-state index contributed by atoms with van der Waals surface area (Å²) < 4.78 is 0. The second-order valence-electron chi connectivity index (χ2n) is 5.40. The second kappa shape index (κ2) is 6.44. The molecule has 0 aliphatic heterocycles. The fourth-order valence-corrected chi connectivity index (χ4v) is 1.53. The molecule has 0 nitrogen and oxygen atoms in total. The summed E-state index contributed by atoms with van der Waals surface area (Å²) in [6, 6.07) is 0. The van der Waals surface area contributed by atoms with Gasteiger partial charge in [0, 0.05) is 10.8 Å². The Kier molecular flexibility index (Phi) is 5.98. The highest BCUT2D eigenvalue weighted by atomic mass is 14.2. The van der Waals surface area contributed by atoms with Gasteiger partial charge in [0.25, 0.3) is 0 Å². The first-order valence-corrected chi connectivity index (χ1v) is 5.86. The molecule has 0 atom stereocenters. The summed E-state index contributed by atoms with van der Waals surface area (Å²) >= 11 is 0. The van der Waals surface area contributed by atoms with Crippen molar-refractivity contribution in [2.45, 2.75) is 54.4 Å². The second-order valence-corrected chi connectivity index (χ2v) is 5.40. The van der Waals surface area contributed by atoms with E-state index in [1.807, 2.05) is 13.8 Å². The third kappa shape index (κ3) is 7.19. The summed E-state index contributed by atoms with van der Waals surface area (Å²) in [6.07, 6.45) is 6.46. The van der Waals surface area contributed by atoms with Crippen LogP contribution in [0.5, 0.6) is 0 Å². The molecule has 0 amide bonds. The Morgan fingerprint density at radius 1 is 0.750 bits per heavy atom. The molecule has 0 aromatic carbocycles. The molecule has 0 aliphatic rings. The molecule has 0 radical (unpaired) electrons. The smallest absolute Gasteiger partial charge is 0.0292 e. The summed E-state index contributed by atoms with van der Waals surface area (Å²) in [5.41, 5.74) is 0.178. The van der Waals surface area contributed by atoms with Crippen molar-refractivity contribution in [2.24, 2.45) is 10.8 Å². The van der Waals surface area contributed by atoms with Crippen LogP contribution in [0.15, 0.2) is 12.2 Å². The monoisotopic (exact) mass is 216 g/mol. The number of hydrogen-bond acceptors (Lipinski definition) is 0. The lowest BCUT2D eigenvalue weighted by Gasteiger charge is -2.16. The highest BCUT2D eigenvalue weighted by Gasteiger charge is 2.13. The minimum atomic E-state index is 0.0891. The van der Waals surface area contributed by atoms with Crippen LogP contribution in [0.1, 0.15) is 54.4 Å². The summed E-state index contributed by atoms with van der Waals surface area (Å²) in [5, 5.41) is 0. The standard InChI is InChI=1S/C16H24/c1-7-11-15(3,4)13-9-10-14-16(5,6)12-8-2/h9-10H,13-14H2,1-6H3/b10-9-. The van der Waals surface area contributed by atoms with Gasteiger partial charge in [-0.2, -0.15) is 0 Å². The van der Waals surface area contributed by atoms with Crippen molar-refractivity contribution in [3.8, 4) is 23.7 Å². The van der Waals surface area contributed by atoms with Crippen molar-refractivity contribution >= 4 is 0 Å². The molecule has 0 spiro atoms. The van der Waals surface area contributed by atoms with Gasteiger partial charge in [0.15, 0.2) is 0 Å². The van der Waals surface area contributed by atoms with Gasteiger partial charge < -0.3 is 0 Å². The van der Waals surface area contributed by atoms with Gasteiger partial charge in [-0.25, -0.2) is 0 Å². The number of hydrogen-bond donors (Lipinski definition) is 0. The molecule has 0 N–H and O–H groups in total. The van der Waals surface area contributed by atoms with E-state index in [0.717, 1.165) is 12.8 Å². The maximum absolute atomic E-state index is 3.22. The first-order chi connectivity index (χ1) is 7.33. The molecule has 0 bridgehead atoms. The van der Waals surface area contributed by atoms with Crippen molar-refractivity contribution in [2.75, 3.05) is 0 Å². The van der Waals surface area contributed by atoms with Gasteiger partial charge in [0.2, 0.25) is 0 Å². The summed E-state index contributed by atoms with van der Waals surface area (Å²) in [7, 11) is 0. The van der Waals surface area contributed by atoms with Gasteiger partial charge in [-0.05, 0) is 54.4 Å². The zero-order chi connectivity index (χ0) is 12.7. The van der Waals surface area contributed by atoms with E-state index in [9.17, 15) is 0 Å². The van der Waals surface area contributed by atoms with Crippen LogP contribution >= 0.6 is 0 Å². The predicted octanol–water partition coefficient (Wildman–Crippen LogP) is 4.42. The summed E-state index contributed by atoms with van der Waals surface area (Å²) in [5.74, 6) is 12.4. The van der Waals surface area contributed by atoms with Crippen LogP contribution in [-0.4, -0.2) is 0 Å². The molecule has 0 aromatic heterocycles. The Morgan fingerprint density at radius 2 is 1.06 bits per heavy atom. The molecule has 0 saturated heterocycles. The average Bonchev–Trinajstić information content (AvgIpc) is 2.12. The van der Waals surface area contributed by atoms with Crippen LogP contribution in [-0.2, 0) is 0 Å². The Hall–Kier alpha value is -1.14. The van der Waals surface area contributed by atoms with Gasteiger partial charge in [-0.3, -0.25) is 0 Å². The third-order valence-corrected chi connectivity index (χ3v) is 2.35. The molecule has 0 saturated carbocycles. The summed E-state index contributed by atoms with van der Waals surface area (Å²) in [4.78, 5) is 0. The Bertz CT molecular complexity index is 309. The fourth-order valence-electron chi connectivity index (χ4n) is 1.53. The van der Waals surface area contributed by atoms with Gasteiger partial charge >= 0.3 is 0 Å². The lowest BCUT2D eigenvalue weighted by atomic mass is 9.87. The summed E-state index contributed by atoms with van der Waals surface area (Å²) in [6.45, 7) is 12.5. The normalized spacial score (nSPS) is 11.6. The molecule has 0 unspecified atom stereocenters. The van der Waals surface area contributed by atoms with E-state index in [-0.39, 0.29) is 10.8 Å². The predicted molar refractivity (Wildman–Crippen MR) is 72.8 cm³/mol. The molecule has 0 aliphatic carbocycles. The average molecular weight is 216 g/mol. The van der Waals surface area contributed by atoms with Gasteiger partial charge in [-0.15, -0.1) is 11.8 Å². The Labute approximate surface area is 102 Å². The Morgan fingerprint density at radius 3 is 1.31 bits per heavy atom. The first kappa shape index (κ1) is 14.9. The Balaban J connectivity index is 4.20. The van der Waals surface area contributed by atoms with Crippen LogP contribution in [0.3, 0.4) is 0 Å². The van der Waals surface area contributed by atoms with E-state index in [4.69, 9.17) is 0 Å². The molecular weight excluding hydrogens is 192 g/mol. The largest absolute Gasteiger partial charge is 0.106 e. The highest BCUT2D eigenvalue weighted by molar-refractivity contribution is 5.12. The van der Waals surface area contributed by atoms with Gasteiger partial charge in [0.05, 0.1) is 0 Å². The maximum atomic E-state index is 3.22. The van der Waals surface area contributed by atoms with Gasteiger partial charge in [0.1, 0.15) is 0 Å². The molecule has 16 heavy (non-hydrogen) atoms. The van der Waals surface area contributed by atoms with Crippen molar-refractivity contribution in [3.05, 3.63) is 12.2 Å². The van der Waals surface area contributed by atoms with Crippen LogP contribution in [0.25, 0.3) is 0 Å². The molecule has 0 fully saturated rings. The van der Waals surface area contributed by atoms with E-state index >= 15 is 0 Å². The van der Waals surface area contributed by atoms with Crippen LogP contribution in [0.2, 0.25) is 0 Å². The zero-order valence-electron chi connectivity index (χ0n) is 11.6. The van der Waals surface area contributed by atoms with Crippen molar-refractivity contribution in [3.63, 3.8) is 0 Å². The fraction of sp³-hybridized carbons (Fsp3) is 0.625. The van der Waals surface area contributed by atoms with Crippen molar-refractivity contribution < 1.29 is 0 Å². The lowest BCUT2D eigenvalue weighted by molar-refractivity contribution is 0.497. The molecule has 0 heterocycles. The third-order valence-electron chi connectivity index (χ3n) is 2.35. The molecule has 0 rings (SSSR count). The zero-order valence-corrected chi connectivity index (χ0v) is 11.6. The number of allylic oxidation sites excluding steroid dienone is 2. The van der Waals surface area contributed by atoms with E-state index in [1.165, 1.54) is 0 Å². The molecule has 0 heteroatoms. The maximum Gasteiger partial charge on any atom is 0.0292 e. The van der Waals surface area contributed by atoms with Crippen LogP contribution in [0, 0.1) is 34.5 Å². The van der Waals surface area contributed by atoms with Crippen molar-refractivity contribution in [1.82, 2.24) is 0 Å². The van der Waals surface area contributed by atoms with Crippen LogP contribution < -0.4 is 0 Å². The lowest BCUT2D eigenvalue weighted by Crippen LogP contribution is -2.07. The highest BCUT2D eigenvalue weighted by Crippen LogP contribution is 2.22. The first-order valence-electron chi connectivity index (χ1n) is 5.86.